The monoisotopic (exact) mass is 352 g/mol. The SMILES string of the molecule is O=S(=O)(NCC#CCOc1cccc2cccnc12)c1ccccc1. The Hall–Kier alpha value is -2.88. The summed E-state index contributed by atoms with van der Waals surface area (Å²) in [5, 5.41) is 0.989. The predicted molar refractivity (Wildman–Crippen MR) is 96.6 cm³/mol. The van der Waals surface area contributed by atoms with E-state index in [2.05, 4.69) is 21.5 Å². The fraction of sp³-hybridized carbons (Fsp3) is 0.105. The van der Waals surface area contributed by atoms with Crippen LogP contribution < -0.4 is 9.46 Å². The number of hydrogen-bond acceptors (Lipinski definition) is 4. The van der Waals surface area contributed by atoms with Gasteiger partial charge in [0.1, 0.15) is 17.9 Å². The molecule has 0 atom stereocenters. The highest BCUT2D eigenvalue weighted by Gasteiger charge is 2.11. The zero-order valence-corrected chi connectivity index (χ0v) is 14.2. The maximum Gasteiger partial charge on any atom is 0.241 e. The molecule has 126 valence electrons. The van der Waals surface area contributed by atoms with Gasteiger partial charge in [0, 0.05) is 11.6 Å². The molecule has 6 heteroatoms. The molecule has 0 aliphatic carbocycles. The number of fused-ring (bicyclic) bond motifs is 1. The molecule has 0 unspecified atom stereocenters. The van der Waals surface area contributed by atoms with Crippen LogP contribution in [0.15, 0.2) is 71.8 Å². The lowest BCUT2D eigenvalue weighted by Crippen LogP contribution is -2.23. The third-order valence-electron chi connectivity index (χ3n) is 3.42. The number of pyridine rings is 1. The molecule has 3 aromatic rings. The van der Waals surface area contributed by atoms with Crippen molar-refractivity contribution in [1.29, 1.82) is 0 Å². The summed E-state index contributed by atoms with van der Waals surface area (Å²) in [5.74, 6) is 6.19. The Balaban J connectivity index is 1.55. The Bertz CT molecular complexity index is 1020. The normalized spacial score (nSPS) is 10.9. The fourth-order valence-corrected chi connectivity index (χ4v) is 3.18. The van der Waals surface area contributed by atoms with E-state index in [1.54, 1.807) is 24.4 Å². The first-order chi connectivity index (χ1) is 12.2. The summed E-state index contributed by atoms with van der Waals surface area (Å²) in [6.45, 7) is 0.178. The van der Waals surface area contributed by atoms with Gasteiger partial charge in [0.2, 0.25) is 10.0 Å². The zero-order chi connectivity index (χ0) is 17.5. The molecule has 1 heterocycles. The van der Waals surface area contributed by atoms with Crippen LogP contribution in [-0.4, -0.2) is 26.6 Å². The van der Waals surface area contributed by atoms with E-state index in [9.17, 15) is 8.42 Å². The number of para-hydroxylation sites is 1. The summed E-state index contributed by atoms with van der Waals surface area (Å²) in [6.07, 6.45) is 1.71. The van der Waals surface area contributed by atoms with Crippen molar-refractivity contribution in [2.45, 2.75) is 4.90 Å². The molecule has 0 amide bonds. The number of rotatable bonds is 5. The molecule has 2 aromatic carbocycles. The smallest absolute Gasteiger partial charge is 0.241 e. The fourth-order valence-electron chi connectivity index (χ4n) is 2.23. The van der Waals surface area contributed by atoms with Crippen molar-refractivity contribution < 1.29 is 13.2 Å². The van der Waals surface area contributed by atoms with Gasteiger partial charge in [0.15, 0.2) is 0 Å². The number of benzene rings is 2. The van der Waals surface area contributed by atoms with Gasteiger partial charge in [-0.1, -0.05) is 48.2 Å². The van der Waals surface area contributed by atoms with E-state index in [1.165, 1.54) is 12.1 Å². The van der Waals surface area contributed by atoms with E-state index in [-0.39, 0.29) is 18.0 Å². The van der Waals surface area contributed by atoms with Crippen molar-refractivity contribution in [2.75, 3.05) is 13.2 Å². The molecule has 0 fully saturated rings. The van der Waals surface area contributed by atoms with Crippen LogP contribution in [0.4, 0.5) is 0 Å². The standard InChI is InChI=1S/C19H16N2O3S/c22-25(23,17-10-2-1-3-11-17)21-14-4-5-15-24-18-12-6-8-16-9-7-13-20-19(16)18/h1-3,6-13,21H,14-15H2. The van der Waals surface area contributed by atoms with Crippen molar-refractivity contribution in [3.63, 3.8) is 0 Å². The Labute approximate surface area is 146 Å². The summed E-state index contributed by atoms with van der Waals surface area (Å²) in [6, 6.07) is 17.7. The summed E-state index contributed by atoms with van der Waals surface area (Å²) >= 11 is 0. The van der Waals surface area contributed by atoms with Gasteiger partial charge in [-0.25, -0.2) is 8.42 Å². The third kappa shape index (κ3) is 4.35. The molecule has 0 aliphatic rings. The molecule has 0 saturated carbocycles. The molecule has 0 bridgehead atoms. The second-order valence-corrected chi connectivity index (χ2v) is 6.88. The number of nitrogens with zero attached hydrogens (tertiary/aromatic N) is 1. The van der Waals surface area contributed by atoms with Gasteiger partial charge >= 0.3 is 0 Å². The molecular weight excluding hydrogens is 336 g/mol. The third-order valence-corrected chi connectivity index (χ3v) is 4.84. The lowest BCUT2D eigenvalue weighted by molar-refractivity contribution is 0.374. The van der Waals surface area contributed by atoms with Crippen LogP contribution >= 0.6 is 0 Å². The molecule has 0 radical (unpaired) electrons. The number of hydrogen-bond donors (Lipinski definition) is 1. The van der Waals surface area contributed by atoms with Crippen LogP contribution in [0.25, 0.3) is 10.9 Å². The van der Waals surface area contributed by atoms with E-state index in [0.29, 0.717) is 5.75 Å². The molecule has 25 heavy (non-hydrogen) atoms. The van der Waals surface area contributed by atoms with Crippen molar-refractivity contribution >= 4 is 20.9 Å². The van der Waals surface area contributed by atoms with E-state index in [4.69, 9.17) is 4.74 Å². The minimum absolute atomic E-state index is 0.0222. The van der Waals surface area contributed by atoms with Gasteiger partial charge in [-0.15, -0.1) is 0 Å². The van der Waals surface area contributed by atoms with Crippen molar-refractivity contribution in [3.05, 3.63) is 66.9 Å². The summed E-state index contributed by atoms with van der Waals surface area (Å²) < 4.78 is 32.1. The lowest BCUT2D eigenvalue weighted by atomic mass is 10.2. The molecule has 0 saturated heterocycles. The summed E-state index contributed by atoms with van der Waals surface area (Å²) in [4.78, 5) is 4.51. The Morgan fingerprint density at radius 3 is 2.60 bits per heavy atom. The first kappa shape index (κ1) is 17.0. The lowest BCUT2D eigenvalue weighted by Gasteiger charge is -2.05. The highest BCUT2D eigenvalue weighted by Crippen LogP contribution is 2.22. The maximum atomic E-state index is 12.0. The number of sulfonamides is 1. The zero-order valence-electron chi connectivity index (χ0n) is 13.3. The highest BCUT2D eigenvalue weighted by molar-refractivity contribution is 7.89. The maximum absolute atomic E-state index is 12.0. The van der Waals surface area contributed by atoms with Crippen LogP contribution in [0.1, 0.15) is 0 Å². The average Bonchev–Trinajstić information content (AvgIpc) is 2.65. The van der Waals surface area contributed by atoms with Gasteiger partial charge in [-0.2, -0.15) is 4.72 Å². The number of ether oxygens (including phenoxy) is 1. The summed E-state index contributed by atoms with van der Waals surface area (Å²) in [5.41, 5.74) is 0.775. The van der Waals surface area contributed by atoms with Gasteiger partial charge in [0.25, 0.3) is 0 Å². The van der Waals surface area contributed by atoms with Gasteiger partial charge in [-0.05, 0) is 24.3 Å². The van der Waals surface area contributed by atoms with Crippen LogP contribution in [-0.2, 0) is 10.0 Å². The van der Waals surface area contributed by atoms with Crippen LogP contribution in [0, 0.1) is 11.8 Å². The van der Waals surface area contributed by atoms with Gasteiger partial charge < -0.3 is 4.74 Å². The molecule has 0 spiro atoms. The second kappa shape index (κ2) is 7.79. The highest BCUT2D eigenvalue weighted by atomic mass is 32.2. The van der Waals surface area contributed by atoms with Crippen LogP contribution in [0.5, 0.6) is 5.75 Å². The average molecular weight is 352 g/mol. The second-order valence-electron chi connectivity index (χ2n) is 5.11. The summed E-state index contributed by atoms with van der Waals surface area (Å²) in [7, 11) is -3.53. The topological polar surface area (TPSA) is 68.3 Å². The minimum atomic E-state index is -3.53. The molecule has 1 aromatic heterocycles. The molecule has 5 nitrogen and oxygen atoms in total. The Kier molecular flexibility index (Phi) is 5.29. The minimum Gasteiger partial charge on any atom is -0.479 e. The quantitative estimate of drug-likeness (QED) is 0.717. The molecule has 1 N–H and O–H groups in total. The van der Waals surface area contributed by atoms with Crippen LogP contribution in [0.2, 0.25) is 0 Å². The van der Waals surface area contributed by atoms with Crippen molar-refractivity contribution in [1.82, 2.24) is 9.71 Å². The Morgan fingerprint density at radius 2 is 1.76 bits per heavy atom. The van der Waals surface area contributed by atoms with E-state index in [1.807, 2.05) is 30.3 Å². The van der Waals surface area contributed by atoms with E-state index < -0.39 is 10.0 Å². The van der Waals surface area contributed by atoms with Gasteiger partial charge in [0.05, 0.1) is 11.4 Å². The molecule has 0 aliphatic heterocycles. The molecular formula is C19H16N2O3S. The first-order valence-corrected chi connectivity index (χ1v) is 9.12. The van der Waals surface area contributed by atoms with Crippen molar-refractivity contribution in [2.24, 2.45) is 0 Å². The largest absolute Gasteiger partial charge is 0.479 e. The van der Waals surface area contributed by atoms with Crippen LogP contribution in [0.3, 0.4) is 0 Å². The number of aromatic nitrogens is 1. The van der Waals surface area contributed by atoms with E-state index in [0.717, 1.165) is 10.9 Å². The van der Waals surface area contributed by atoms with Gasteiger partial charge in [-0.3, -0.25) is 4.98 Å². The molecule has 3 rings (SSSR count). The predicted octanol–water partition coefficient (Wildman–Crippen LogP) is 2.60. The number of nitrogens with one attached hydrogen (secondary N) is 1. The van der Waals surface area contributed by atoms with Crippen molar-refractivity contribution in [3.8, 4) is 17.6 Å². The first-order valence-electron chi connectivity index (χ1n) is 7.64. The van der Waals surface area contributed by atoms with E-state index >= 15 is 0 Å². The Morgan fingerprint density at radius 1 is 0.960 bits per heavy atom.